The molecule has 1 saturated carbocycles. The van der Waals surface area contributed by atoms with Gasteiger partial charge in [0.25, 0.3) is 0 Å². The first-order chi connectivity index (χ1) is 18.9. The number of nitrogens with one attached hydrogen (secondary N) is 1. The molecule has 3 unspecified atom stereocenters. The highest BCUT2D eigenvalue weighted by molar-refractivity contribution is 6.35. The Kier molecular flexibility index (Phi) is 5.21. The normalized spacial score (nSPS) is 22.8. The maximum atomic E-state index is 16.8. The first-order valence-corrected chi connectivity index (χ1v) is 14.2. The van der Waals surface area contributed by atoms with Gasteiger partial charge in [-0.15, -0.1) is 0 Å². The van der Waals surface area contributed by atoms with E-state index in [4.69, 9.17) is 33.2 Å². The first kappa shape index (κ1) is 23.9. The summed E-state index contributed by atoms with van der Waals surface area (Å²) < 4.78 is 19.0. The van der Waals surface area contributed by atoms with Crippen molar-refractivity contribution in [3.05, 3.63) is 64.7 Å². The van der Waals surface area contributed by atoms with E-state index in [2.05, 4.69) is 33.8 Å². The number of imidazole rings is 1. The molecule has 5 aromatic rings. The number of fused-ring (bicyclic) bond motifs is 5. The predicted octanol–water partition coefficient (Wildman–Crippen LogP) is 6.13. The molecule has 0 spiro atoms. The molecule has 3 saturated heterocycles. The largest absolute Gasteiger partial charge is 0.351 e. The third kappa shape index (κ3) is 3.40. The summed E-state index contributed by atoms with van der Waals surface area (Å²) in [4.78, 5) is 14.3. The molecule has 3 atom stereocenters. The van der Waals surface area contributed by atoms with Crippen molar-refractivity contribution in [3.63, 3.8) is 0 Å². The average molecular weight is 561 g/mol. The quantitative estimate of drug-likeness (QED) is 0.286. The summed E-state index contributed by atoms with van der Waals surface area (Å²) in [5, 5.41) is 7.07. The van der Waals surface area contributed by atoms with Crippen LogP contribution in [0.1, 0.15) is 12.5 Å². The van der Waals surface area contributed by atoms with Gasteiger partial charge in [-0.05, 0) is 61.0 Å². The van der Waals surface area contributed by atoms with Crippen LogP contribution in [0.5, 0.6) is 0 Å². The molecule has 6 nitrogen and oxygen atoms in total. The number of halogens is 3. The van der Waals surface area contributed by atoms with Gasteiger partial charge in [0.15, 0.2) is 11.6 Å². The van der Waals surface area contributed by atoms with Crippen LogP contribution < -0.4 is 10.2 Å². The molecule has 1 N–H and O–H groups in total. The van der Waals surface area contributed by atoms with E-state index in [-0.39, 0.29) is 0 Å². The number of likely N-dealkylation sites (N-methyl/N-ethyl adjacent to an activating group) is 1. The summed E-state index contributed by atoms with van der Waals surface area (Å²) in [5.41, 5.74) is 3.10. The molecular weight excluding hydrogens is 534 g/mol. The third-order valence-corrected chi connectivity index (χ3v) is 9.62. The zero-order chi connectivity index (χ0) is 26.6. The molecule has 2 aromatic heterocycles. The van der Waals surface area contributed by atoms with Crippen molar-refractivity contribution in [1.29, 1.82) is 0 Å². The van der Waals surface area contributed by atoms with Crippen molar-refractivity contribution in [2.75, 3.05) is 38.6 Å². The molecule has 5 heterocycles. The monoisotopic (exact) mass is 560 g/mol. The Morgan fingerprint density at radius 3 is 2.64 bits per heavy atom. The Balaban J connectivity index is 1.39. The summed E-state index contributed by atoms with van der Waals surface area (Å²) in [5.74, 6) is 0.878. The molecule has 3 aromatic carbocycles. The van der Waals surface area contributed by atoms with Gasteiger partial charge < -0.3 is 19.7 Å². The number of hydrogen-bond donors (Lipinski definition) is 1. The molecule has 2 bridgehead atoms. The summed E-state index contributed by atoms with van der Waals surface area (Å²) >= 11 is 13.3. The van der Waals surface area contributed by atoms with E-state index >= 15 is 4.39 Å². The Morgan fingerprint density at radius 1 is 1.05 bits per heavy atom. The van der Waals surface area contributed by atoms with Crippen molar-refractivity contribution >= 4 is 61.7 Å². The number of nitrogens with zero attached hydrogens (tertiary/aromatic N) is 5. The zero-order valence-corrected chi connectivity index (χ0v) is 23.1. The number of anilines is 1. The Bertz CT molecular complexity index is 1800. The SMILES string of the molecule is CN(C)C1CN(c2nc3c(F)c(-c4cccc5ccc(Cl)cc45)c(Cl)cc3c3c2ncn3C2C3CNC2C3)C1. The van der Waals surface area contributed by atoms with Gasteiger partial charge in [-0.3, -0.25) is 0 Å². The summed E-state index contributed by atoms with van der Waals surface area (Å²) in [7, 11) is 4.17. The number of pyridine rings is 1. The highest BCUT2D eigenvalue weighted by Gasteiger charge is 2.48. The van der Waals surface area contributed by atoms with Crippen LogP contribution in [0.2, 0.25) is 10.0 Å². The van der Waals surface area contributed by atoms with Crippen LogP contribution >= 0.6 is 23.2 Å². The molecule has 39 heavy (non-hydrogen) atoms. The summed E-state index contributed by atoms with van der Waals surface area (Å²) in [6, 6.07) is 14.5. The maximum absolute atomic E-state index is 16.8. The molecule has 4 aliphatic rings. The minimum atomic E-state index is -0.416. The van der Waals surface area contributed by atoms with Crippen molar-refractivity contribution in [1.82, 2.24) is 24.8 Å². The molecule has 0 radical (unpaired) electrons. The molecule has 1 aliphatic carbocycles. The van der Waals surface area contributed by atoms with E-state index in [0.717, 1.165) is 47.3 Å². The third-order valence-electron chi connectivity index (χ3n) is 9.09. The van der Waals surface area contributed by atoms with Gasteiger partial charge >= 0.3 is 0 Å². The number of rotatable bonds is 4. The van der Waals surface area contributed by atoms with Crippen LogP contribution in [0.4, 0.5) is 10.2 Å². The van der Waals surface area contributed by atoms with Crippen molar-refractivity contribution < 1.29 is 4.39 Å². The standard InChI is InChI=1S/C30H27Cl2FN6/c1-37(2)18-12-38(13-18)30-27-29(39(14-35-27)28-16-8-23(28)34-11-16)21-10-22(32)24(25(33)26(21)36-30)19-5-3-4-15-6-7-17(31)9-20(15)19/h3-7,9-10,14,16,18,23,28,34H,8,11-13H2,1-2H3. The zero-order valence-electron chi connectivity index (χ0n) is 21.6. The van der Waals surface area contributed by atoms with Crippen molar-refractivity contribution in [3.8, 4) is 11.1 Å². The fourth-order valence-corrected chi connectivity index (χ4v) is 7.30. The van der Waals surface area contributed by atoms with Gasteiger partial charge in [0.05, 0.1) is 22.9 Å². The van der Waals surface area contributed by atoms with E-state index in [0.29, 0.717) is 56.1 Å². The van der Waals surface area contributed by atoms with Gasteiger partial charge in [0.1, 0.15) is 11.0 Å². The second kappa shape index (κ2) is 8.51. The Morgan fingerprint density at radius 2 is 1.90 bits per heavy atom. The molecule has 3 aliphatic heterocycles. The lowest BCUT2D eigenvalue weighted by Gasteiger charge is -2.43. The number of aromatic nitrogens is 3. The molecule has 198 valence electrons. The van der Waals surface area contributed by atoms with Crippen molar-refractivity contribution in [2.45, 2.75) is 24.5 Å². The minimum absolute atomic E-state index is 0.307. The van der Waals surface area contributed by atoms with Gasteiger partial charge in [-0.25, -0.2) is 14.4 Å². The van der Waals surface area contributed by atoms with E-state index in [9.17, 15) is 0 Å². The highest BCUT2D eigenvalue weighted by Crippen LogP contribution is 2.48. The summed E-state index contributed by atoms with van der Waals surface area (Å²) in [6.45, 7) is 2.66. The lowest BCUT2D eigenvalue weighted by atomic mass is 9.80. The van der Waals surface area contributed by atoms with Gasteiger partial charge in [-0.1, -0.05) is 47.5 Å². The van der Waals surface area contributed by atoms with E-state index in [1.54, 1.807) is 0 Å². The average Bonchev–Trinajstić information content (AvgIpc) is 3.61. The second-order valence-electron chi connectivity index (χ2n) is 11.4. The Labute approximate surface area is 235 Å². The lowest BCUT2D eigenvalue weighted by Crippen LogP contribution is -2.57. The molecule has 9 heteroatoms. The van der Waals surface area contributed by atoms with Crippen LogP contribution in [0.15, 0.2) is 48.8 Å². The fraction of sp³-hybridized carbons (Fsp3) is 0.333. The molecule has 4 fully saturated rings. The van der Waals surface area contributed by atoms with E-state index < -0.39 is 5.82 Å². The highest BCUT2D eigenvalue weighted by atomic mass is 35.5. The Hall–Kier alpha value is -2.97. The van der Waals surface area contributed by atoms with Crippen LogP contribution in [-0.4, -0.2) is 65.2 Å². The maximum Gasteiger partial charge on any atom is 0.158 e. The number of hydrogen-bond acceptors (Lipinski definition) is 5. The van der Waals surface area contributed by atoms with E-state index in [1.165, 1.54) is 6.42 Å². The van der Waals surface area contributed by atoms with Crippen LogP contribution in [-0.2, 0) is 0 Å². The summed E-state index contributed by atoms with van der Waals surface area (Å²) in [6.07, 6.45) is 3.08. The molecule has 0 amide bonds. The fourth-order valence-electron chi connectivity index (χ4n) is 6.83. The van der Waals surface area contributed by atoms with Gasteiger partial charge in [0, 0.05) is 47.7 Å². The molecule has 9 rings (SSSR count). The van der Waals surface area contributed by atoms with Gasteiger partial charge in [-0.2, -0.15) is 0 Å². The lowest BCUT2D eigenvalue weighted by molar-refractivity contribution is 0.225. The first-order valence-electron chi connectivity index (χ1n) is 13.4. The molecular formula is C30H27Cl2FN6. The second-order valence-corrected chi connectivity index (χ2v) is 12.3. The topological polar surface area (TPSA) is 49.2 Å². The number of benzene rings is 3. The smallest absolute Gasteiger partial charge is 0.158 e. The minimum Gasteiger partial charge on any atom is -0.351 e. The van der Waals surface area contributed by atoms with Crippen LogP contribution in [0.25, 0.3) is 43.8 Å². The van der Waals surface area contributed by atoms with Crippen LogP contribution in [0, 0.1) is 11.7 Å². The van der Waals surface area contributed by atoms with Gasteiger partial charge in [0.2, 0.25) is 0 Å². The van der Waals surface area contributed by atoms with Crippen molar-refractivity contribution in [2.24, 2.45) is 5.92 Å². The van der Waals surface area contributed by atoms with E-state index in [1.807, 2.05) is 48.8 Å². The predicted molar refractivity (Wildman–Crippen MR) is 157 cm³/mol. The van der Waals surface area contributed by atoms with Crippen LogP contribution in [0.3, 0.4) is 0 Å².